The summed E-state index contributed by atoms with van der Waals surface area (Å²) in [5.74, 6) is 0.273. The normalized spacial score (nSPS) is 35.4. The smallest absolute Gasteiger partial charge is 0.124 e. The first-order chi connectivity index (χ1) is 8.24. The van der Waals surface area contributed by atoms with Gasteiger partial charge in [0.1, 0.15) is 6.29 Å². The van der Waals surface area contributed by atoms with Crippen molar-refractivity contribution in [1.29, 1.82) is 0 Å². The van der Waals surface area contributed by atoms with Crippen molar-refractivity contribution in [3.8, 4) is 0 Å². The summed E-state index contributed by atoms with van der Waals surface area (Å²) in [7, 11) is -0.181. The van der Waals surface area contributed by atoms with Crippen LogP contribution < -0.4 is 5.30 Å². The van der Waals surface area contributed by atoms with E-state index in [1.54, 1.807) is 5.57 Å². The lowest BCUT2D eigenvalue weighted by atomic mass is 9.86. The summed E-state index contributed by atoms with van der Waals surface area (Å²) < 4.78 is 0. The summed E-state index contributed by atoms with van der Waals surface area (Å²) in [5.41, 5.74) is 4.24. The zero-order chi connectivity index (χ0) is 12.0. The lowest BCUT2D eigenvalue weighted by Crippen LogP contribution is -2.19. The van der Waals surface area contributed by atoms with Crippen LogP contribution in [0.3, 0.4) is 0 Å². The van der Waals surface area contributed by atoms with Crippen molar-refractivity contribution in [2.45, 2.75) is 31.6 Å². The van der Waals surface area contributed by atoms with Gasteiger partial charge in [0.25, 0.3) is 0 Å². The molecule has 0 aromatic heterocycles. The minimum absolute atomic E-state index is 0.181. The summed E-state index contributed by atoms with van der Waals surface area (Å²) in [6, 6.07) is 10.8. The third-order valence-corrected chi connectivity index (χ3v) is 7.86. The molecule has 0 spiro atoms. The van der Waals surface area contributed by atoms with Gasteiger partial charge in [-0.3, -0.25) is 0 Å². The number of hydrogen-bond acceptors (Lipinski definition) is 1. The summed E-state index contributed by atoms with van der Waals surface area (Å²) in [6.45, 7) is 4.49. The average Bonchev–Trinajstić information content (AvgIpc) is 2.86. The molecule has 2 heterocycles. The predicted octanol–water partition coefficient (Wildman–Crippen LogP) is 3.10. The van der Waals surface area contributed by atoms with Crippen LogP contribution in [0.4, 0.5) is 0 Å². The number of carbonyl (C=O) groups excluding carboxylic acids is 1. The minimum atomic E-state index is -0.181. The van der Waals surface area contributed by atoms with Gasteiger partial charge in [-0.05, 0) is 25.6 Å². The van der Waals surface area contributed by atoms with E-state index in [9.17, 15) is 4.79 Å². The van der Waals surface area contributed by atoms with Crippen LogP contribution in [0.2, 0.25) is 0 Å². The van der Waals surface area contributed by atoms with E-state index in [4.69, 9.17) is 0 Å². The molecule has 1 aromatic rings. The van der Waals surface area contributed by atoms with Gasteiger partial charge in [-0.25, -0.2) is 0 Å². The average molecular weight is 244 g/mol. The molecular formula is C15H17OP. The van der Waals surface area contributed by atoms with Gasteiger partial charge in [0.05, 0.1) is 0 Å². The fraction of sp³-hybridized carbons (Fsp3) is 0.400. The molecule has 1 aromatic carbocycles. The molecule has 2 aliphatic rings. The van der Waals surface area contributed by atoms with Crippen molar-refractivity contribution in [3.63, 3.8) is 0 Å². The quantitative estimate of drug-likeness (QED) is 0.444. The van der Waals surface area contributed by atoms with Gasteiger partial charge in [-0.1, -0.05) is 49.4 Å². The van der Waals surface area contributed by atoms with Crippen LogP contribution in [-0.2, 0) is 4.79 Å². The molecule has 88 valence electrons. The Morgan fingerprint density at radius 1 is 1.18 bits per heavy atom. The van der Waals surface area contributed by atoms with Crippen LogP contribution in [0, 0.1) is 5.92 Å². The highest BCUT2D eigenvalue weighted by Gasteiger charge is 2.50. The Hall–Kier alpha value is -0.940. The van der Waals surface area contributed by atoms with E-state index >= 15 is 0 Å². The van der Waals surface area contributed by atoms with E-state index in [2.05, 4.69) is 44.2 Å². The van der Waals surface area contributed by atoms with Crippen LogP contribution in [0.5, 0.6) is 0 Å². The van der Waals surface area contributed by atoms with Crippen molar-refractivity contribution >= 4 is 19.5 Å². The van der Waals surface area contributed by atoms with Crippen molar-refractivity contribution < 1.29 is 4.79 Å². The Morgan fingerprint density at radius 2 is 1.88 bits per heavy atom. The van der Waals surface area contributed by atoms with Gasteiger partial charge in [0.2, 0.25) is 0 Å². The van der Waals surface area contributed by atoms with Gasteiger partial charge in [-0.2, -0.15) is 0 Å². The maximum Gasteiger partial charge on any atom is 0.124 e. The number of rotatable bonds is 2. The first-order valence-electron chi connectivity index (χ1n) is 6.20. The van der Waals surface area contributed by atoms with Crippen molar-refractivity contribution in [2.75, 3.05) is 0 Å². The fourth-order valence-electron chi connectivity index (χ4n) is 3.38. The molecule has 0 aliphatic carbocycles. The third-order valence-electron chi connectivity index (χ3n) is 4.33. The monoisotopic (exact) mass is 244 g/mol. The molecule has 1 fully saturated rings. The molecule has 4 atom stereocenters. The van der Waals surface area contributed by atoms with Crippen LogP contribution in [0.15, 0.2) is 41.5 Å². The van der Waals surface area contributed by atoms with Gasteiger partial charge in [-0.15, -0.1) is 0 Å². The molecule has 1 nitrogen and oxygen atoms in total. The van der Waals surface area contributed by atoms with E-state index in [1.807, 2.05) is 0 Å². The standard InChI is InChI=1S/C15H17OP/c1-10-11(2)15-12(9-16)8-14(10)17(15)13-6-4-3-5-7-13/h3-7,9,12,14-15H,8H2,1-2H3/t12-,14+,15+,17?/m0/s1. The van der Waals surface area contributed by atoms with Crippen LogP contribution in [0.25, 0.3) is 0 Å². The van der Waals surface area contributed by atoms with E-state index < -0.39 is 0 Å². The lowest BCUT2D eigenvalue weighted by Gasteiger charge is -2.20. The minimum Gasteiger partial charge on any atom is -0.303 e. The van der Waals surface area contributed by atoms with E-state index in [1.165, 1.54) is 17.2 Å². The first kappa shape index (κ1) is 11.2. The van der Waals surface area contributed by atoms with Crippen LogP contribution in [0.1, 0.15) is 20.3 Å². The zero-order valence-corrected chi connectivity index (χ0v) is 11.2. The number of allylic oxidation sites excluding steroid dienone is 2. The topological polar surface area (TPSA) is 17.1 Å². The Labute approximate surface area is 104 Å². The Morgan fingerprint density at radius 3 is 2.53 bits per heavy atom. The van der Waals surface area contributed by atoms with Gasteiger partial charge >= 0.3 is 0 Å². The molecule has 1 saturated heterocycles. The van der Waals surface area contributed by atoms with Gasteiger partial charge in [0.15, 0.2) is 0 Å². The second kappa shape index (κ2) is 4.07. The highest BCUT2D eigenvalue weighted by molar-refractivity contribution is 7.68. The molecule has 2 heteroatoms. The molecule has 0 saturated carbocycles. The van der Waals surface area contributed by atoms with E-state index in [-0.39, 0.29) is 13.8 Å². The largest absolute Gasteiger partial charge is 0.303 e. The summed E-state index contributed by atoms with van der Waals surface area (Å²) in [4.78, 5) is 11.2. The molecule has 2 bridgehead atoms. The highest BCUT2D eigenvalue weighted by atomic mass is 31.1. The number of hydrogen-bond donors (Lipinski definition) is 0. The Kier molecular flexibility index (Phi) is 2.67. The second-order valence-corrected chi connectivity index (χ2v) is 7.62. The molecule has 0 N–H and O–H groups in total. The van der Waals surface area contributed by atoms with Crippen molar-refractivity contribution in [3.05, 3.63) is 41.5 Å². The van der Waals surface area contributed by atoms with Crippen molar-refractivity contribution in [2.24, 2.45) is 5.92 Å². The molecular weight excluding hydrogens is 227 g/mol. The number of carbonyl (C=O) groups is 1. The predicted molar refractivity (Wildman–Crippen MR) is 73.1 cm³/mol. The van der Waals surface area contributed by atoms with E-state index in [0.717, 1.165) is 6.42 Å². The maximum atomic E-state index is 11.2. The summed E-state index contributed by atoms with van der Waals surface area (Å²) in [6.07, 6.45) is 2.27. The number of benzene rings is 1. The lowest BCUT2D eigenvalue weighted by molar-refractivity contribution is -0.110. The molecule has 0 radical (unpaired) electrons. The molecule has 2 aliphatic heterocycles. The zero-order valence-electron chi connectivity index (χ0n) is 10.3. The summed E-state index contributed by atoms with van der Waals surface area (Å²) >= 11 is 0. The Balaban J connectivity index is 2.03. The first-order valence-corrected chi connectivity index (χ1v) is 7.68. The molecule has 17 heavy (non-hydrogen) atoms. The molecule has 3 rings (SSSR count). The molecule has 1 unspecified atom stereocenters. The Bertz CT molecular complexity index is 477. The van der Waals surface area contributed by atoms with Gasteiger partial charge < -0.3 is 4.79 Å². The summed E-state index contributed by atoms with van der Waals surface area (Å²) in [5, 5.41) is 1.47. The molecule has 0 amide bonds. The second-order valence-electron chi connectivity index (χ2n) is 5.11. The van der Waals surface area contributed by atoms with Gasteiger partial charge in [0, 0.05) is 17.2 Å². The highest BCUT2D eigenvalue weighted by Crippen LogP contribution is 2.66. The van der Waals surface area contributed by atoms with Crippen LogP contribution in [-0.4, -0.2) is 17.6 Å². The van der Waals surface area contributed by atoms with Crippen molar-refractivity contribution in [1.82, 2.24) is 0 Å². The maximum absolute atomic E-state index is 11.2. The van der Waals surface area contributed by atoms with Crippen LogP contribution >= 0.6 is 7.92 Å². The SMILES string of the molecule is CC1=C(C)[C@@H]2[C@H](C=O)C[C@H]1P2c1ccccc1. The number of fused-ring (bicyclic) bond motifs is 2. The fourth-order valence-corrected chi connectivity index (χ4v) is 7.28. The number of aldehydes is 1. The van der Waals surface area contributed by atoms with E-state index in [0.29, 0.717) is 11.3 Å². The third kappa shape index (κ3) is 1.52.